The number of halogens is 1. The van der Waals surface area contributed by atoms with Crippen molar-refractivity contribution in [1.82, 2.24) is 29.9 Å². The fourth-order valence-electron chi connectivity index (χ4n) is 4.04. The molecular formula is C23H25FN6OS2. The van der Waals surface area contributed by atoms with E-state index in [-0.39, 0.29) is 17.1 Å². The maximum absolute atomic E-state index is 13.6. The Morgan fingerprint density at radius 2 is 1.79 bits per heavy atom. The van der Waals surface area contributed by atoms with E-state index in [4.69, 9.17) is 4.42 Å². The highest BCUT2D eigenvalue weighted by Gasteiger charge is 2.27. The van der Waals surface area contributed by atoms with Crippen LogP contribution in [-0.4, -0.2) is 43.0 Å². The number of likely N-dealkylation sites (tertiary alicyclic amines) is 1. The summed E-state index contributed by atoms with van der Waals surface area (Å²) in [5, 5.41) is 20.1. The van der Waals surface area contributed by atoms with Crippen LogP contribution in [0.4, 0.5) is 4.39 Å². The molecule has 0 aliphatic carbocycles. The molecule has 1 fully saturated rings. The van der Waals surface area contributed by atoms with Crippen molar-refractivity contribution in [3.8, 4) is 16.5 Å². The van der Waals surface area contributed by atoms with Crippen molar-refractivity contribution in [2.45, 2.75) is 49.6 Å². The van der Waals surface area contributed by atoms with Crippen LogP contribution in [0.1, 0.15) is 56.1 Å². The van der Waals surface area contributed by atoms with Gasteiger partial charge in [-0.3, -0.25) is 9.47 Å². The van der Waals surface area contributed by atoms with Crippen LogP contribution in [0.2, 0.25) is 0 Å². The van der Waals surface area contributed by atoms with E-state index in [1.165, 1.54) is 43.2 Å². The van der Waals surface area contributed by atoms with Crippen LogP contribution in [0.3, 0.4) is 0 Å². The lowest BCUT2D eigenvalue weighted by molar-refractivity contribution is 0.167. The molecule has 0 amide bonds. The number of benzene rings is 1. The lowest BCUT2D eigenvalue weighted by Gasteiger charge is -2.31. The Bertz CT molecular complexity index is 1180. The molecule has 0 unspecified atom stereocenters. The van der Waals surface area contributed by atoms with Gasteiger partial charge in [0.25, 0.3) is 5.89 Å². The Hall–Kier alpha value is -2.56. The molecule has 5 rings (SSSR count). The quantitative estimate of drug-likeness (QED) is 0.302. The minimum absolute atomic E-state index is 0.0985. The second-order valence-electron chi connectivity index (χ2n) is 8.11. The average molecular weight is 485 g/mol. The van der Waals surface area contributed by atoms with E-state index in [0.717, 1.165) is 29.5 Å². The smallest absolute Gasteiger partial charge is 0.257 e. The molecule has 1 saturated heterocycles. The van der Waals surface area contributed by atoms with Gasteiger partial charge in [-0.25, -0.2) is 4.39 Å². The first-order valence-corrected chi connectivity index (χ1v) is 12.9. The van der Waals surface area contributed by atoms with E-state index in [1.807, 2.05) is 29.0 Å². The van der Waals surface area contributed by atoms with Crippen LogP contribution in [0.25, 0.3) is 16.5 Å². The predicted molar refractivity (Wildman–Crippen MR) is 127 cm³/mol. The van der Waals surface area contributed by atoms with Gasteiger partial charge in [0.05, 0.1) is 16.2 Å². The molecule has 0 saturated carbocycles. The third kappa shape index (κ3) is 4.73. The molecule has 3 aromatic heterocycles. The molecule has 1 aromatic carbocycles. The molecule has 1 aliphatic heterocycles. The molecule has 0 spiro atoms. The number of piperidine rings is 1. The maximum Gasteiger partial charge on any atom is 0.257 e. The summed E-state index contributed by atoms with van der Waals surface area (Å²) in [6.07, 6.45) is 3.65. The third-order valence-corrected chi connectivity index (χ3v) is 7.75. The lowest BCUT2D eigenvalue weighted by Crippen LogP contribution is -2.33. The minimum atomic E-state index is -0.271. The molecule has 0 bridgehead atoms. The van der Waals surface area contributed by atoms with Gasteiger partial charge in [0.2, 0.25) is 5.89 Å². The van der Waals surface area contributed by atoms with E-state index >= 15 is 0 Å². The monoisotopic (exact) mass is 484 g/mol. The van der Waals surface area contributed by atoms with Crippen molar-refractivity contribution in [2.24, 2.45) is 0 Å². The summed E-state index contributed by atoms with van der Waals surface area (Å²) in [5.41, 5.74) is 0.833. The van der Waals surface area contributed by atoms with Gasteiger partial charge in [0.1, 0.15) is 5.82 Å². The van der Waals surface area contributed by atoms with Crippen LogP contribution in [0, 0.1) is 5.82 Å². The van der Waals surface area contributed by atoms with Crippen molar-refractivity contribution in [3.05, 3.63) is 59.3 Å². The number of thioether (sulfide) groups is 1. The summed E-state index contributed by atoms with van der Waals surface area (Å²) < 4.78 is 21.6. The van der Waals surface area contributed by atoms with Crippen molar-refractivity contribution >= 4 is 23.1 Å². The molecule has 0 N–H and O–H groups in total. The fraction of sp³-hybridized carbons (Fsp3) is 0.391. The van der Waals surface area contributed by atoms with Gasteiger partial charge in [-0.1, -0.05) is 24.2 Å². The van der Waals surface area contributed by atoms with Gasteiger partial charge < -0.3 is 4.42 Å². The summed E-state index contributed by atoms with van der Waals surface area (Å²) in [5.74, 6) is 1.63. The second kappa shape index (κ2) is 9.74. The zero-order valence-electron chi connectivity index (χ0n) is 18.5. The number of hydrogen-bond donors (Lipinski definition) is 0. The van der Waals surface area contributed by atoms with E-state index in [9.17, 15) is 4.39 Å². The summed E-state index contributed by atoms with van der Waals surface area (Å²) in [4.78, 5) is 3.38. The first kappa shape index (κ1) is 22.2. The molecule has 4 heterocycles. The average Bonchev–Trinajstić information content (AvgIpc) is 3.60. The Kier molecular flexibility index (Phi) is 6.57. The molecule has 33 heavy (non-hydrogen) atoms. The predicted octanol–water partition coefficient (Wildman–Crippen LogP) is 5.92. The number of thiophene rings is 1. The van der Waals surface area contributed by atoms with E-state index < -0.39 is 0 Å². The fourth-order valence-corrected chi connectivity index (χ4v) is 5.59. The lowest BCUT2D eigenvalue weighted by atomic mass is 10.1. The molecule has 2 atom stereocenters. The number of aromatic nitrogens is 5. The van der Waals surface area contributed by atoms with E-state index in [1.54, 1.807) is 23.5 Å². The zero-order chi connectivity index (χ0) is 22.8. The topological polar surface area (TPSA) is 72.9 Å². The SMILES string of the molecule is C[C@H](Sc1nnc([C@@H](C)N2CCCCC2)n1-c1ccc(F)cc1)c1nnc(-c2cccs2)o1. The number of rotatable bonds is 7. The van der Waals surface area contributed by atoms with Crippen LogP contribution >= 0.6 is 23.1 Å². The van der Waals surface area contributed by atoms with E-state index in [0.29, 0.717) is 16.9 Å². The number of hydrogen-bond acceptors (Lipinski definition) is 8. The standard InChI is InChI=1S/C23H25FN6OS2/c1-15(29-12-4-3-5-13-29)20-25-28-23(30(20)18-10-8-17(24)9-11-18)33-16(2)21-26-27-22(31-21)19-7-6-14-32-19/h6-11,14-16H,3-5,12-13H2,1-2H3/t15-,16+/m1/s1. The molecular weight excluding hydrogens is 459 g/mol. The highest BCUT2D eigenvalue weighted by Crippen LogP contribution is 2.37. The molecule has 1 aliphatic rings. The molecule has 0 radical (unpaired) electrons. The van der Waals surface area contributed by atoms with Gasteiger partial charge in [0, 0.05) is 5.69 Å². The largest absolute Gasteiger partial charge is 0.419 e. The molecule has 10 heteroatoms. The summed E-state index contributed by atoms with van der Waals surface area (Å²) >= 11 is 3.06. The van der Waals surface area contributed by atoms with Crippen molar-refractivity contribution < 1.29 is 8.81 Å². The van der Waals surface area contributed by atoms with Crippen molar-refractivity contribution in [1.29, 1.82) is 0 Å². The van der Waals surface area contributed by atoms with Gasteiger partial charge in [-0.05, 0) is 75.5 Å². The van der Waals surface area contributed by atoms with Gasteiger partial charge in [0.15, 0.2) is 11.0 Å². The highest BCUT2D eigenvalue weighted by molar-refractivity contribution is 7.99. The molecule has 4 aromatic rings. The minimum Gasteiger partial charge on any atom is -0.419 e. The Morgan fingerprint density at radius 1 is 1.00 bits per heavy atom. The normalized spacial score (nSPS) is 16.7. The van der Waals surface area contributed by atoms with Crippen molar-refractivity contribution in [2.75, 3.05) is 13.1 Å². The molecule has 7 nitrogen and oxygen atoms in total. The Morgan fingerprint density at radius 3 is 2.52 bits per heavy atom. The van der Waals surface area contributed by atoms with Gasteiger partial charge >= 0.3 is 0 Å². The Labute approximate surface area is 200 Å². The van der Waals surface area contributed by atoms with E-state index in [2.05, 4.69) is 32.2 Å². The van der Waals surface area contributed by atoms with Crippen LogP contribution in [-0.2, 0) is 0 Å². The second-order valence-corrected chi connectivity index (χ2v) is 10.4. The molecule has 172 valence electrons. The van der Waals surface area contributed by atoms with Gasteiger partial charge in [-0.2, -0.15) is 0 Å². The Balaban J connectivity index is 1.45. The number of nitrogens with zero attached hydrogens (tertiary/aromatic N) is 6. The summed E-state index contributed by atoms with van der Waals surface area (Å²) in [6, 6.07) is 10.5. The van der Waals surface area contributed by atoms with Crippen LogP contribution < -0.4 is 0 Å². The first-order chi connectivity index (χ1) is 16.1. The van der Waals surface area contributed by atoms with Crippen LogP contribution in [0.15, 0.2) is 51.4 Å². The van der Waals surface area contributed by atoms with Gasteiger partial charge in [-0.15, -0.1) is 31.7 Å². The first-order valence-electron chi connectivity index (χ1n) is 11.1. The van der Waals surface area contributed by atoms with Crippen molar-refractivity contribution in [3.63, 3.8) is 0 Å². The third-order valence-electron chi connectivity index (χ3n) is 5.86. The summed E-state index contributed by atoms with van der Waals surface area (Å²) in [6.45, 7) is 6.26. The van der Waals surface area contributed by atoms with Crippen LogP contribution in [0.5, 0.6) is 0 Å². The maximum atomic E-state index is 13.6. The summed E-state index contributed by atoms with van der Waals surface area (Å²) in [7, 11) is 0. The highest BCUT2D eigenvalue weighted by atomic mass is 32.2. The zero-order valence-corrected chi connectivity index (χ0v) is 20.2.